The maximum Gasteiger partial charge on any atom is 0.142 e. The first kappa shape index (κ1) is 14.7. The molecule has 2 unspecified atom stereocenters. The average molecular weight is 289 g/mol. The SMILES string of the molecule is COc1ccccc1N(C)C1(CN)CCN2CCCC2C1. The third kappa shape index (κ3) is 2.51. The van der Waals surface area contributed by atoms with Gasteiger partial charge in [0.2, 0.25) is 0 Å². The van der Waals surface area contributed by atoms with Crippen LogP contribution in [0.15, 0.2) is 24.3 Å². The highest BCUT2D eigenvalue weighted by Crippen LogP contribution is 2.40. The Balaban J connectivity index is 1.88. The van der Waals surface area contributed by atoms with Crippen molar-refractivity contribution in [2.75, 3.05) is 38.7 Å². The van der Waals surface area contributed by atoms with E-state index in [2.05, 4.69) is 29.0 Å². The minimum Gasteiger partial charge on any atom is -0.495 e. The summed E-state index contributed by atoms with van der Waals surface area (Å²) in [6, 6.07) is 8.96. The smallest absolute Gasteiger partial charge is 0.142 e. The molecule has 0 spiro atoms. The van der Waals surface area contributed by atoms with Gasteiger partial charge in [-0.25, -0.2) is 0 Å². The summed E-state index contributed by atoms with van der Waals surface area (Å²) in [5, 5.41) is 0. The van der Waals surface area contributed by atoms with E-state index in [-0.39, 0.29) is 5.54 Å². The number of ether oxygens (including phenoxy) is 1. The van der Waals surface area contributed by atoms with Crippen LogP contribution >= 0.6 is 0 Å². The zero-order chi connectivity index (χ0) is 14.9. The van der Waals surface area contributed by atoms with E-state index in [9.17, 15) is 0 Å². The van der Waals surface area contributed by atoms with Crippen LogP contribution < -0.4 is 15.4 Å². The number of nitrogens with two attached hydrogens (primary N) is 1. The molecule has 2 atom stereocenters. The first-order chi connectivity index (χ1) is 10.2. The van der Waals surface area contributed by atoms with E-state index >= 15 is 0 Å². The van der Waals surface area contributed by atoms with Gasteiger partial charge in [-0.1, -0.05) is 12.1 Å². The van der Waals surface area contributed by atoms with E-state index < -0.39 is 0 Å². The molecule has 1 aromatic rings. The molecule has 4 nitrogen and oxygen atoms in total. The fourth-order valence-electron chi connectivity index (χ4n) is 4.10. The number of anilines is 1. The maximum atomic E-state index is 6.25. The Kier molecular flexibility index (Phi) is 4.09. The summed E-state index contributed by atoms with van der Waals surface area (Å²) in [5.74, 6) is 0.932. The monoisotopic (exact) mass is 289 g/mol. The van der Waals surface area contributed by atoms with Gasteiger partial charge in [0.05, 0.1) is 18.3 Å². The minimum absolute atomic E-state index is 0.0557. The largest absolute Gasteiger partial charge is 0.495 e. The van der Waals surface area contributed by atoms with Gasteiger partial charge in [0.1, 0.15) is 5.75 Å². The number of para-hydroxylation sites is 2. The summed E-state index contributed by atoms with van der Waals surface area (Å²) in [6.07, 6.45) is 4.96. The maximum absolute atomic E-state index is 6.25. The lowest BCUT2D eigenvalue weighted by atomic mass is 9.81. The topological polar surface area (TPSA) is 41.7 Å². The number of fused-ring (bicyclic) bond motifs is 1. The molecule has 21 heavy (non-hydrogen) atoms. The summed E-state index contributed by atoms with van der Waals surface area (Å²) < 4.78 is 5.54. The van der Waals surface area contributed by atoms with Gasteiger partial charge < -0.3 is 20.3 Å². The molecule has 2 aliphatic rings. The number of likely N-dealkylation sites (N-methyl/N-ethyl adjacent to an activating group) is 1. The molecular formula is C17H27N3O. The molecule has 2 saturated heterocycles. The van der Waals surface area contributed by atoms with E-state index in [1.165, 1.54) is 25.9 Å². The Bertz CT molecular complexity index is 493. The van der Waals surface area contributed by atoms with Gasteiger partial charge in [-0.15, -0.1) is 0 Å². The summed E-state index contributed by atoms with van der Waals surface area (Å²) >= 11 is 0. The van der Waals surface area contributed by atoms with Crippen molar-refractivity contribution >= 4 is 5.69 Å². The zero-order valence-corrected chi connectivity index (χ0v) is 13.2. The van der Waals surface area contributed by atoms with Crippen LogP contribution in [0.2, 0.25) is 0 Å². The highest BCUT2D eigenvalue weighted by molar-refractivity contribution is 5.60. The van der Waals surface area contributed by atoms with Gasteiger partial charge in [0, 0.05) is 26.2 Å². The fourth-order valence-corrected chi connectivity index (χ4v) is 4.10. The van der Waals surface area contributed by atoms with Crippen LogP contribution in [0.4, 0.5) is 5.69 Å². The van der Waals surface area contributed by atoms with Crippen LogP contribution in [0.3, 0.4) is 0 Å². The normalized spacial score (nSPS) is 29.2. The van der Waals surface area contributed by atoms with E-state index in [4.69, 9.17) is 10.5 Å². The Hall–Kier alpha value is -1.26. The number of hydrogen-bond acceptors (Lipinski definition) is 4. The average Bonchev–Trinajstić information content (AvgIpc) is 3.01. The number of nitrogens with zero attached hydrogens (tertiary/aromatic N) is 2. The molecule has 4 heteroatoms. The molecule has 0 radical (unpaired) electrons. The molecule has 1 aromatic carbocycles. The lowest BCUT2D eigenvalue weighted by Crippen LogP contribution is -2.60. The van der Waals surface area contributed by atoms with Crippen molar-refractivity contribution in [2.24, 2.45) is 5.73 Å². The fraction of sp³-hybridized carbons (Fsp3) is 0.647. The van der Waals surface area contributed by atoms with Gasteiger partial charge in [-0.2, -0.15) is 0 Å². The van der Waals surface area contributed by atoms with Crippen molar-refractivity contribution < 1.29 is 4.74 Å². The van der Waals surface area contributed by atoms with E-state index in [0.29, 0.717) is 12.6 Å². The van der Waals surface area contributed by atoms with Crippen molar-refractivity contribution in [3.8, 4) is 5.75 Å². The Morgan fingerprint density at radius 1 is 1.38 bits per heavy atom. The van der Waals surface area contributed by atoms with Crippen molar-refractivity contribution in [3.05, 3.63) is 24.3 Å². The number of piperidine rings is 1. The highest BCUT2D eigenvalue weighted by atomic mass is 16.5. The molecule has 2 heterocycles. The molecule has 0 aromatic heterocycles. The van der Waals surface area contributed by atoms with Crippen LogP contribution in [0, 0.1) is 0 Å². The first-order valence-electron chi connectivity index (χ1n) is 8.01. The Morgan fingerprint density at radius 3 is 2.95 bits per heavy atom. The predicted molar refractivity (Wildman–Crippen MR) is 87.0 cm³/mol. The van der Waals surface area contributed by atoms with Crippen LogP contribution in [0.1, 0.15) is 25.7 Å². The van der Waals surface area contributed by atoms with Gasteiger partial charge in [0.25, 0.3) is 0 Å². The third-order valence-electron chi connectivity index (χ3n) is 5.52. The van der Waals surface area contributed by atoms with Crippen molar-refractivity contribution in [1.29, 1.82) is 0 Å². The summed E-state index contributed by atoms with van der Waals surface area (Å²) in [4.78, 5) is 5.02. The van der Waals surface area contributed by atoms with Crippen molar-refractivity contribution in [1.82, 2.24) is 4.90 Å². The molecule has 116 valence electrons. The number of rotatable bonds is 4. The third-order valence-corrected chi connectivity index (χ3v) is 5.52. The second kappa shape index (κ2) is 5.85. The molecule has 2 fully saturated rings. The van der Waals surface area contributed by atoms with Crippen LogP contribution in [0.5, 0.6) is 5.75 Å². The van der Waals surface area contributed by atoms with Crippen molar-refractivity contribution in [3.63, 3.8) is 0 Å². The second-order valence-electron chi connectivity index (χ2n) is 6.45. The summed E-state index contributed by atoms with van der Waals surface area (Å²) in [6.45, 7) is 3.14. The molecule has 2 N–H and O–H groups in total. The van der Waals surface area contributed by atoms with Gasteiger partial charge in [-0.05, 0) is 44.4 Å². The lowest BCUT2D eigenvalue weighted by molar-refractivity contribution is 0.131. The first-order valence-corrected chi connectivity index (χ1v) is 8.01. The van der Waals surface area contributed by atoms with E-state index in [1.807, 2.05) is 12.1 Å². The summed E-state index contributed by atoms with van der Waals surface area (Å²) in [7, 11) is 3.91. The highest BCUT2D eigenvalue weighted by Gasteiger charge is 2.43. The molecule has 0 amide bonds. The van der Waals surface area contributed by atoms with Gasteiger partial charge >= 0.3 is 0 Å². The summed E-state index contributed by atoms with van der Waals surface area (Å²) in [5.41, 5.74) is 7.46. The number of methoxy groups -OCH3 is 1. The Morgan fingerprint density at radius 2 is 2.19 bits per heavy atom. The van der Waals surface area contributed by atoms with E-state index in [0.717, 1.165) is 24.3 Å². The standard InChI is InChI=1S/C17H27N3O/c1-19(15-7-3-4-8-16(15)21-2)17(13-18)9-11-20-10-5-6-14(20)12-17/h3-4,7-8,14H,5-6,9-13,18H2,1-2H3. The van der Waals surface area contributed by atoms with E-state index in [1.54, 1.807) is 7.11 Å². The molecule has 2 aliphatic heterocycles. The molecule has 0 bridgehead atoms. The van der Waals surface area contributed by atoms with Crippen LogP contribution in [-0.2, 0) is 0 Å². The Labute approximate surface area is 127 Å². The van der Waals surface area contributed by atoms with Crippen LogP contribution in [-0.4, -0.2) is 50.3 Å². The van der Waals surface area contributed by atoms with Crippen LogP contribution in [0.25, 0.3) is 0 Å². The molecular weight excluding hydrogens is 262 g/mol. The van der Waals surface area contributed by atoms with Crippen molar-refractivity contribution in [2.45, 2.75) is 37.3 Å². The second-order valence-corrected chi connectivity index (χ2v) is 6.45. The zero-order valence-electron chi connectivity index (χ0n) is 13.2. The molecule has 0 aliphatic carbocycles. The predicted octanol–water partition coefficient (Wildman–Crippen LogP) is 2.09. The minimum atomic E-state index is 0.0557. The molecule has 3 rings (SSSR count). The molecule has 0 saturated carbocycles. The van der Waals surface area contributed by atoms with Gasteiger partial charge in [0.15, 0.2) is 0 Å². The lowest BCUT2D eigenvalue weighted by Gasteiger charge is -2.50. The van der Waals surface area contributed by atoms with Gasteiger partial charge in [-0.3, -0.25) is 0 Å². The quantitative estimate of drug-likeness (QED) is 0.921. The number of hydrogen-bond donors (Lipinski definition) is 1. The number of benzene rings is 1.